The minimum absolute atomic E-state index is 0.641. The molecule has 0 spiro atoms. The Morgan fingerprint density at radius 1 is 0.800 bits per heavy atom. The minimum Gasteiger partial charge on any atom is -0.327 e. The molecule has 0 rings (SSSR count). The number of unbranched alkanes of at least 4 members (excludes halogenated alkanes) is 7. The molecule has 0 aromatic rings. The predicted octanol–water partition coefficient (Wildman–Crippen LogP) is 4.20. The van der Waals surface area contributed by atoms with Crippen molar-refractivity contribution in [2.75, 3.05) is 6.54 Å². The summed E-state index contributed by atoms with van der Waals surface area (Å²) in [7, 11) is 0. The first-order chi connectivity index (χ1) is 7.41. The third-order valence-corrected chi connectivity index (χ3v) is 2.49. The van der Waals surface area contributed by atoms with Gasteiger partial charge in [-0.1, -0.05) is 69.8 Å². The van der Waals surface area contributed by atoms with Crippen LogP contribution in [-0.2, 0) is 0 Å². The summed E-state index contributed by atoms with van der Waals surface area (Å²) in [6.07, 6.45) is 19.3. The van der Waals surface area contributed by atoms with Gasteiger partial charge in [-0.05, 0) is 12.8 Å². The van der Waals surface area contributed by atoms with E-state index in [-0.39, 0.29) is 0 Å². The van der Waals surface area contributed by atoms with Gasteiger partial charge in [-0.3, -0.25) is 0 Å². The molecular weight excluding hydrogens is 182 g/mol. The quantitative estimate of drug-likeness (QED) is 0.423. The summed E-state index contributed by atoms with van der Waals surface area (Å²) in [4.78, 5) is 0. The first kappa shape index (κ1) is 14.4. The number of rotatable bonds is 10. The van der Waals surface area contributed by atoms with Crippen molar-refractivity contribution in [1.82, 2.24) is 0 Å². The Balaban J connectivity index is 3.04. The molecular formula is C14H27N. The van der Waals surface area contributed by atoms with Gasteiger partial charge in [-0.15, -0.1) is 0 Å². The normalized spacial score (nSPS) is 11.9. The van der Waals surface area contributed by atoms with Crippen molar-refractivity contribution in [3.05, 3.63) is 24.3 Å². The maximum absolute atomic E-state index is 5.33. The van der Waals surface area contributed by atoms with E-state index in [0.717, 1.165) is 0 Å². The van der Waals surface area contributed by atoms with Gasteiger partial charge in [-0.2, -0.15) is 0 Å². The number of hydrogen-bond acceptors (Lipinski definition) is 1. The average Bonchev–Trinajstić information content (AvgIpc) is 2.26. The maximum Gasteiger partial charge on any atom is 0.0109 e. The largest absolute Gasteiger partial charge is 0.327 e. The Morgan fingerprint density at radius 3 is 2.07 bits per heavy atom. The Labute approximate surface area is 95.4 Å². The summed E-state index contributed by atoms with van der Waals surface area (Å²) >= 11 is 0. The van der Waals surface area contributed by atoms with Crippen molar-refractivity contribution in [1.29, 1.82) is 0 Å². The van der Waals surface area contributed by atoms with Gasteiger partial charge in [0.2, 0.25) is 0 Å². The maximum atomic E-state index is 5.33. The molecule has 0 aromatic carbocycles. The molecule has 88 valence electrons. The second kappa shape index (κ2) is 13.4. The fourth-order valence-corrected chi connectivity index (χ4v) is 1.55. The molecule has 0 aliphatic heterocycles. The molecule has 15 heavy (non-hydrogen) atoms. The van der Waals surface area contributed by atoms with E-state index in [1.54, 1.807) is 0 Å². The van der Waals surface area contributed by atoms with Gasteiger partial charge in [0.15, 0.2) is 0 Å². The lowest BCUT2D eigenvalue weighted by molar-refractivity contribution is 0.592. The van der Waals surface area contributed by atoms with Crippen LogP contribution in [0.15, 0.2) is 24.3 Å². The molecule has 0 aliphatic carbocycles. The molecule has 1 nitrogen and oxygen atoms in total. The van der Waals surface area contributed by atoms with Crippen LogP contribution < -0.4 is 5.73 Å². The first-order valence-electron chi connectivity index (χ1n) is 6.43. The van der Waals surface area contributed by atoms with Crippen LogP contribution >= 0.6 is 0 Å². The lowest BCUT2D eigenvalue weighted by atomic mass is 10.1. The third kappa shape index (κ3) is 13.4. The van der Waals surface area contributed by atoms with Crippen molar-refractivity contribution in [3.8, 4) is 0 Å². The molecule has 0 amide bonds. The molecule has 1 heteroatoms. The molecule has 0 atom stereocenters. The Morgan fingerprint density at radius 2 is 1.40 bits per heavy atom. The zero-order valence-electron chi connectivity index (χ0n) is 10.3. The Hall–Kier alpha value is -0.560. The molecule has 2 N–H and O–H groups in total. The monoisotopic (exact) mass is 209 g/mol. The molecule has 0 unspecified atom stereocenters. The van der Waals surface area contributed by atoms with Gasteiger partial charge in [0, 0.05) is 6.54 Å². The summed E-state index contributed by atoms with van der Waals surface area (Å²) in [5.41, 5.74) is 5.33. The van der Waals surface area contributed by atoms with Gasteiger partial charge in [0.05, 0.1) is 0 Å². The lowest BCUT2D eigenvalue weighted by Crippen LogP contribution is -1.91. The SMILES string of the molecule is CCCCCCCCCC=CC=CCN. The average molecular weight is 209 g/mol. The van der Waals surface area contributed by atoms with Crippen molar-refractivity contribution in [2.24, 2.45) is 5.73 Å². The number of nitrogens with two attached hydrogens (primary N) is 1. The second-order valence-electron chi connectivity index (χ2n) is 4.00. The van der Waals surface area contributed by atoms with E-state index in [0.29, 0.717) is 6.54 Å². The van der Waals surface area contributed by atoms with Crippen molar-refractivity contribution in [2.45, 2.75) is 58.3 Å². The van der Waals surface area contributed by atoms with Crippen LogP contribution in [0.25, 0.3) is 0 Å². The van der Waals surface area contributed by atoms with Gasteiger partial charge in [0.25, 0.3) is 0 Å². The molecule has 0 bridgehead atoms. The van der Waals surface area contributed by atoms with Gasteiger partial charge >= 0.3 is 0 Å². The summed E-state index contributed by atoms with van der Waals surface area (Å²) in [5, 5.41) is 0. The van der Waals surface area contributed by atoms with Crippen molar-refractivity contribution >= 4 is 0 Å². The van der Waals surface area contributed by atoms with Crippen LogP contribution in [0.4, 0.5) is 0 Å². The highest BCUT2D eigenvalue weighted by atomic mass is 14.5. The highest BCUT2D eigenvalue weighted by Gasteiger charge is 1.88. The topological polar surface area (TPSA) is 26.0 Å². The van der Waals surface area contributed by atoms with Gasteiger partial charge < -0.3 is 5.73 Å². The molecule has 0 saturated carbocycles. The van der Waals surface area contributed by atoms with E-state index >= 15 is 0 Å². The molecule has 0 heterocycles. The Kier molecular flexibility index (Phi) is 12.9. The van der Waals surface area contributed by atoms with E-state index in [2.05, 4.69) is 19.1 Å². The Bertz CT molecular complexity index is 159. The van der Waals surface area contributed by atoms with Crippen LogP contribution in [-0.4, -0.2) is 6.54 Å². The van der Waals surface area contributed by atoms with Crippen LogP contribution in [0.2, 0.25) is 0 Å². The van der Waals surface area contributed by atoms with Crippen LogP contribution in [0.1, 0.15) is 58.3 Å². The fourth-order valence-electron chi connectivity index (χ4n) is 1.55. The second-order valence-corrected chi connectivity index (χ2v) is 4.00. The summed E-state index contributed by atoms with van der Waals surface area (Å²) < 4.78 is 0. The molecule has 0 aliphatic rings. The van der Waals surface area contributed by atoms with E-state index in [4.69, 9.17) is 5.73 Å². The predicted molar refractivity (Wildman–Crippen MR) is 69.9 cm³/mol. The van der Waals surface area contributed by atoms with E-state index in [1.165, 1.54) is 51.4 Å². The smallest absolute Gasteiger partial charge is 0.0109 e. The van der Waals surface area contributed by atoms with Crippen LogP contribution in [0, 0.1) is 0 Å². The summed E-state index contributed by atoms with van der Waals surface area (Å²) in [6.45, 7) is 2.90. The van der Waals surface area contributed by atoms with Crippen molar-refractivity contribution < 1.29 is 0 Å². The fraction of sp³-hybridized carbons (Fsp3) is 0.714. The van der Waals surface area contributed by atoms with Gasteiger partial charge in [-0.25, -0.2) is 0 Å². The summed E-state index contributed by atoms with van der Waals surface area (Å²) in [5.74, 6) is 0. The van der Waals surface area contributed by atoms with Crippen LogP contribution in [0.3, 0.4) is 0 Å². The highest BCUT2D eigenvalue weighted by Crippen LogP contribution is 2.08. The molecule has 0 radical (unpaired) electrons. The highest BCUT2D eigenvalue weighted by molar-refractivity contribution is 5.02. The number of hydrogen-bond donors (Lipinski definition) is 1. The zero-order chi connectivity index (χ0) is 11.2. The molecule has 0 saturated heterocycles. The molecule has 0 fully saturated rings. The minimum atomic E-state index is 0.641. The lowest BCUT2D eigenvalue weighted by Gasteiger charge is -1.98. The van der Waals surface area contributed by atoms with E-state index in [1.807, 2.05) is 12.2 Å². The first-order valence-corrected chi connectivity index (χ1v) is 6.43. The zero-order valence-corrected chi connectivity index (χ0v) is 10.3. The molecule has 0 aromatic heterocycles. The van der Waals surface area contributed by atoms with Crippen molar-refractivity contribution in [3.63, 3.8) is 0 Å². The summed E-state index contributed by atoms with van der Waals surface area (Å²) in [6, 6.07) is 0. The number of allylic oxidation sites excluding steroid dienone is 3. The van der Waals surface area contributed by atoms with E-state index in [9.17, 15) is 0 Å². The van der Waals surface area contributed by atoms with E-state index < -0.39 is 0 Å². The standard InChI is InChI=1S/C14H27N/c1-2-3-4-5-6-7-8-9-10-11-12-13-14-15/h10-13H,2-9,14-15H2,1H3. The third-order valence-electron chi connectivity index (χ3n) is 2.49. The van der Waals surface area contributed by atoms with Gasteiger partial charge in [0.1, 0.15) is 0 Å². The van der Waals surface area contributed by atoms with Crippen LogP contribution in [0.5, 0.6) is 0 Å².